The van der Waals surface area contributed by atoms with Crippen molar-refractivity contribution >= 4 is 0 Å². The summed E-state index contributed by atoms with van der Waals surface area (Å²) in [5.74, 6) is 0. The van der Waals surface area contributed by atoms with Crippen LogP contribution >= 0.6 is 0 Å². The first-order chi connectivity index (χ1) is 8.22. The third-order valence-electron chi connectivity index (χ3n) is 3.98. The first-order valence-electron chi connectivity index (χ1n) is 6.69. The second-order valence-electron chi connectivity index (χ2n) is 5.51. The number of hydrogen-bond acceptors (Lipinski definition) is 3. The largest absolute Gasteiger partial charge is 0.308 e. The third kappa shape index (κ3) is 2.53. The Hall–Kier alpha value is -0.870. The van der Waals surface area contributed by atoms with E-state index in [0.717, 1.165) is 18.3 Å². The number of likely N-dealkylation sites (tertiary alicyclic amines) is 1. The molecule has 4 heteroatoms. The van der Waals surface area contributed by atoms with Gasteiger partial charge in [-0.15, -0.1) is 0 Å². The SMILES string of the molecule is Cc1nn(C)cc1CNC1CCN(C2CC2)C1. The molecule has 0 amide bonds. The van der Waals surface area contributed by atoms with Crippen molar-refractivity contribution in [1.82, 2.24) is 20.0 Å². The Labute approximate surface area is 103 Å². The maximum atomic E-state index is 4.38. The van der Waals surface area contributed by atoms with Crippen LogP contribution in [0.25, 0.3) is 0 Å². The van der Waals surface area contributed by atoms with Crippen LogP contribution in [0.2, 0.25) is 0 Å². The van der Waals surface area contributed by atoms with Gasteiger partial charge in [0.2, 0.25) is 0 Å². The molecule has 2 fully saturated rings. The van der Waals surface area contributed by atoms with Crippen LogP contribution in [0.3, 0.4) is 0 Å². The molecule has 4 nitrogen and oxygen atoms in total. The Morgan fingerprint density at radius 1 is 1.41 bits per heavy atom. The highest BCUT2D eigenvalue weighted by Gasteiger charge is 2.34. The first kappa shape index (κ1) is 11.2. The van der Waals surface area contributed by atoms with E-state index in [1.54, 1.807) is 0 Å². The number of aromatic nitrogens is 2. The predicted octanol–water partition coefficient (Wildman–Crippen LogP) is 1.05. The lowest BCUT2D eigenvalue weighted by Crippen LogP contribution is -2.32. The van der Waals surface area contributed by atoms with Crippen molar-refractivity contribution in [2.45, 2.75) is 44.8 Å². The fourth-order valence-corrected chi connectivity index (χ4v) is 2.80. The molecule has 0 aromatic carbocycles. The van der Waals surface area contributed by atoms with Crippen LogP contribution in [0.15, 0.2) is 6.20 Å². The Morgan fingerprint density at radius 3 is 2.88 bits per heavy atom. The maximum absolute atomic E-state index is 4.38. The minimum atomic E-state index is 0.676. The molecule has 0 bridgehead atoms. The van der Waals surface area contributed by atoms with Crippen molar-refractivity contribution in [3.8, 4) is 0 Å². The van der Waals surface area contributed by atoms with Crippen LogP contribution in [-0.2, 0) is 13.6 Å². The molecule has 1 atom stereocenters. The fourth-order valence-electron chi connectivity index (χ4n) is 2.80. The van der Waals surface area contributed by atoms with E-state index < -0.39 is 0 Å². The second-order valence-corrected chi connectivity index (χ2v) is 5.51. The molecule has 1 aliphatic carbocycles. The van der Waals surface area contributed by atoms with Gasteiger partial charge in [-0.2, -0.15) is 5.10 Å². The van der Waals surface area contributed by atoms with E-state index in [-0.39, 0.29) is 0 Å². The van der Waals surface area contributed by atoms with Gasteiger partial charge >= 0.3 is 0 Å². The Kier molecular flexibility index (Phi) is 2.92. The van der Waals surface area contributed by atoms with E-state index in [1.807, 2.05) is 11.7 Å². The average molecular weight is 234 g/mol. The highest BCUT2D eigenvalue weighted by Crippen LogP contribution is 2.29. The Morgan fingerprint density at radius 2 is 2.24 bits per heavy atom. The number of nitrogens with zero attached hydrogens (tertiary/aromatic N) is 3. The normalized spacial score (nSPS) is 25.6. The molecular weight excluding hydrogens is 212 g/mol. The molecule has 2 aliphatic rings. The van der Waals surface area contributed by atoms with Crippen LogP contribution in [0, 0.1) is 6.92 Å². The molecule has 1 saturated heterocycles. The summed E-state index contributed by atoms with van der Waals surface area (Å²) in [7, 11) is 1.99. The average Bonchev–Trinajstić information content (AvgIpc) is 2.95. The first-order valence-corrected chi connectivity index (χ1v) is 6.69. The smallest absolute Gasteiger partial charge is 0.0638 e. The number of nitrogens with one attached hydrogen (secondary N) is 1. The van der Waals surface area contributed by atoms with E-state index in [4.69, 9.17) is 0 Å². The summed E-state index contributed by atoms with van der Waals surface area (Å²) >= 11 is 0. The number of hydrogen-bond donors (Lipinski definition) is 1. The van der Waals surface area contributed by atoms with Crippen LogP contribution < -0.4 is 5.32 Å². The molecule has 94 valence electrons. The van der Waals surface area contributed by atoms with Gasteiger partial charge in [0.25, 0.3) is 0 Å². The summed E-state index contributed by atoms with van der Waals surface area (Å²) in [6.07, 6.45) is 6.27. The standard InChI is InChI=1S/C13H22N4/c1-10-11(8-16(2)15-10)7-14-12-5-6-17(9-12)13-3-4-13/h8,12-14H,3-7,9H2,1-2H3. The summed E-state index contributed by atoms with van der Waals surface area (Å²) < 4.78 is 1.90. The van der Waals surface area contributed by atoms with Gasteiger partial charge < -0.3 is 5.32 Å². The Balaban J connectivity index is 1.49. The quantitative estimate of drug-likeness (QED) is 0.845. The van der Waals surface area contributed by atoms with Gasteiger partial charge in [0.05, 0.1) is 5.69 Å². The van der Waals surface area contributed by atoms with Gasteiger partial charge in [-0.25, -0.2) is 0 Å². The lowest BCUT2D eigenvalue weighted by atomic mass is 10.2. The van der Waals surface area contributed by atoms with E-state index in [1.165, 1.54) is 37.9 Å². The Bertz CT molecular complexity index is 394. The third-order valence-corrected chi connectivity index (χ3v) is 3.98. The summed E-state index contributed by atoms with van der Waals surface area (Å²) in [5.41, 5.74) is 2.48. The van der Waals surface area contributed by atoms with Crippen molar-refractivity contribution in [2.75, 3.05) is 13.1 Å². The topological polar surface area (TPSA) is 33.1 Å². The zero-order chi connectivity index (χ0) is 11.8. The van der Waals surface area contributed by atoms with Crippen molar-refractivity contribution in [2.24, 2.45) is 7.05 Å². The predicted molar refractivity (Wildman–Crippen MR) is 67.8 cm³/mol. The molecule has 2 heterocycles. The van der Waals surface area contributed by atoms with Gasteiger partial charge in [-0.3, -0.25) is 9.58 Å². The fraction of sp³-hybridized carbons (Fsp3) is 0.769. The monoisotopic (exact) mass is 234 g/mol. The summed E-state index contributed by atoms with van der Waals surface area (Å²) in [6, 6.07) is 1.59. The molecule has 1 aliphatic heterocycles. The molecule has 1 unspecified atom stereocenters. The zero-order valence-corrected chi connectivity index (χ0v) is 10.8. The van der Waals surface area contributed by atoms with Gasteiger partial charge in [0.15, 0.2) is 0 Å². The number of aryl methyl sites for hydroxylation is 2. The van der Waals surface area contributed by atoms with Gasteiger partial charge in [-0.05, 0) is 26.2 Å². The second kappa shape index (κ2) is 4.42. The van der Waals surface area contributed by atoms with E-state index in [2.05, 4.69) is 28.4 Å². The maximum Gasteiger partial charge on any atom is 0.0638 e. The molecule has 0 spiro atoms. The number of rotatable bonds is 4. The molecule has 1 saturated carbocycles. The summed E-state index contributed by atoms with van der Waals surface area (Å²) in [4.78, 5) is 2.65. The van der Waals surface area contributed by atoms with Crippen molar-refractivity contribution in [3.05, 3.63) is 17.5 Å². The van der Waals surface area contributed by atoms with Crippen molar-refractivity contribution in [3.63, 3.8) is 0 Å². The molecule has 1 aromatic rings. The minimum Gasteiger partial charge on any atom is -0.308 e. The molecular formula is C13H22N4. The van der Waals surface area contributed by atoms with Gasteiger partial charge in [0, 0.05) is 50.5 Å². The summed E-state index contributed by atoms with van der Waals surface area (Å²) in [5, 5.41) is 8.05. The van der Waals surface area contributed by atoms with Crippen LogP contribution in [0.5, 0.6) is 0 Å². The zero-order valence-electron chi connectivity index (χ0n) is 10.8. The lowest BCUT2D eigenvalue weighted by molar-refractivity contribution is 0.317. The summed E-state index contributed by atoms with van der Waals surface area (Å²) in [6.45, 7) is 5.57. The van der Waals surface area contributed by atoms with Crippen LogP contribution in [0.1, 0.15) is 30.5 Å². The van der Waals surface area contributed by atoms with Gasteiger partial charge in [-0.1, -0.05) is 0 Å². The minimum absolute atomic E-state index is 0.676. The lowest BCUT2D eigenvalue weighted by Gasteiger charge is -2.15. The van der Waals surface area contributed by atoms with Gasteiger partial charge in [0.1, 0.15) is 0 Å². The van der Waals surface area contributed by atoms with Crippen molar-refractivity contribution < 1.29 is 0 Å². The molecule has 1 N–H and O–H groups in total. The van der Waals surface area contributed by atoms with Crippen LogP contribution in [-0.4, -0.2) is 39.9 Å². The highest BCUT2D eigenvalue weighted by molar-refractivity contribution is 5.15. The molecule has 17 heavy (non-hydrogen) atoms. The van der Waals surface area contributed by atoms with E-state index >= 15 is 0 Å². The van der Waals surface area contributed by atoms with Crippen LogP contribution in [0.4, 0.5) is 0 Å². The highest BCUT2D eigenvalue weighted by atomic mass is 15.3. The van der Waals surface area contributed by atoms with E-state index in [0.29, 0.717) is 6.04 Å². The molecule has 1 aromatic heterocycles. The van der Waals surface area contributed by atoms with Crippen molar-refractivity contribution in [1.29, 1.82) is 0 Å². The van der Waals surface area contributed by atoms with E-state index in [9.17, 15) is 0 Å². The molecule has 3 rings (SSSR count). The molecule has 0 radical (unpaired) electrons.